The standard InChI is InChI=1S/C16H14Cl2N4O3/c1-21(2)14-6-3-10(7-15(14)22(24)25)9-19-20-16(23)12-8-11(17)4-5-13(12)18/h3-9H,1-2H3,(H,20,23)/b19-9-. The van der Waals surface area contributed by atoms with Crippen LogP contribution in [0.4, 0.5) is 11.4 Å². The van der Waals surface area contributed by atoms with Crippen molar-refractivity contribution in [1.29, 1.82) is 0 Å². The molecule has 2 aromatic rings. The Morgan fingerprint density at radius 3 is 2.60 bits per heavy atom. The van der Waals surface area contributed by atoms with E-state index in [1.165, 1.54) is 24.4 Å². The SMILES string of the molecule is CN(C)c1ccc(/C=N\NC(=O)c2cc(Cl)ccc2Cl)cc1[N+](=O)[O-]. The summed E-state index contributed by atoms with van der Waals surface area (Å²) in [7, 11) is 3.43. The minimum Gasteiger partial charge on any atom is -0.372 e. The van der Waals surface area contributed by atoms with Gasteiger partial charge in [-0.1, -0.05) is 29.3 Å². The molecule has 0 saturated heterocycles. The van der Waals surface area contributed by atoms with Crippen LogP contribution in [-0.4, -0.2) is 31.1 Å². The summed E-state index contributed by atoms with van der Waals surface area (Å²) in [6.07, 6.45) is 1.31. The van der Waals surface area contributed by atoms with Crippen molar-refractivity contribution in [2.75, 3.05) is 19.0 Å². The number of nitrogens with zero attached hydrogens (tertiary/aromatic N) is 3. The number of anilines is 1. The van der Waals surface area contributed by atoms with E-state index in [9.17, 15) is 14.9 Å². The first-order chi connectivity index (χ1) is 11.8. The highest BCUT2D eigenvalue weighted by atomic mass is 35.5. The Hall–Kier alpha value is -2.64. The van der Waals surface area contributed by atoms with Crippen LogP contribution in [-0.2, 0) is 0 Å². The third-order valence-electron chi connectivity index (χ3n) is 3.23. The van der Waals surface area contributed by atoms with E-state index in [1.54, 1.807) is 37.2 Å². The van der Waals surface area contributed by atoms with Gasteiger partial charge in [0, 0.05) is 30.7 Å². The van der Waals surface area contributed by atoms with E-state index in [-0.39, 0.29) is 16.3 Å². The van der Waals surface area contributed by atoms with Gasteiger partial charge in [-0.3, -0.25) is 14.9 Å². The molecule has 0 unspecified atom stereocenters. The summed E-state index contributed by atoms with van der Waals surface area (Å²) < 4.78 is 0. The molecule has 1 N–H and O–H groups in total. The molecule has 0 radical (unpaired) electrons. The lowest BCUT2D eigenvalue weighted by Gasteiger charge is -2.12. The van der Waals surface area contributed by atoms with E-state index in [2.05, 4.69) is 10.5 Å². The van der Waals surface area contributed by atoms with Gasteiger partial charge in [0.25, 0.3) is 11.6 Å². The molecule has 0 heterocycles. The first kappa shape index (κ1) is 18.7. The number of hydrogen-bond acceptors (Lipinski definition) is 5. The van der Waals surface area contributed by atoms with Gasteiger partial charge in [0.2, 0.25) is 0 Å². The predicted octanol–water partition coefficient (Wildman–Crippen LogP) is 3.73. The molecule has 2 rings (SSSR count). The molecule has 0 aliphatic carbocycles. The molecule has 0 fully saturated rings. The van der Waals surface area contributed by atoms with E-state index < -0.39 is 10.8 Å². The molecule has 25 heavy (non-hydrogen) atoms. The number of benzene rings is 2. The summed E-state index contributed by atoms with van der Waals surface area (Å²) in [5, 5.41) is 15.6. The summed E-state index contributed by atoms with van der Waals surface area (Å²) >= 11 is 11.8. The largest absolute Gasteiger partial charge is 0.372 e. The molecule has 9 heteroatoms. The molecule has 0 spiro atoms. The number of rotatable bonds is 5. The normalized spacial score (nSPS) is 10.7. The summed E-state index contributed by atoms with van der Waals surface area (Å²) in [4.78, 5) is 24.4. The third-order valence-corrected chi connectivity index (χ3v) is 3.80. The first-order valence-electron chi connectivity index (χ1n) is 7.04. The van der Waals surface area contributed by atoms with Crippen LogP contribution >= 0.6 is 23.2 Å². The van der Waals surface area contributed by atoms with E-state index in [0.29, 0.717) is 16.3 Å². The van der Waals surface area contributed by atoms with Crippen LogP contribution < -0.4 is 10.3 Å². The van der Waals surface area contributed by atoms with Gasteiger partial charge < -0.3 is 4.90 Å². The Kier molecular flexibility index (Phi) is 5.95. The second kappa shape index (κ2) is 7.96. The lowest BCUT2D eigenvalue weighted by atomic mass is 10.2. The molecular formula is C16H14Cl2N4O3. The monoisotopic (exact) mass is 380 g/mol. The highest BCUT2D eigenvalue weighted by Gasteiger charge is 2.15. The highest BCUT2D eigenvalue weighted by Crippen LogP contribution is 2.27. The lowest BCUT2D eigenvalue weighted by molar-refractivity contribution is -0.384. The van der Waals surface area contributed by atoms with Gasteiger partial charge in [-0.2, -0.15) is 5.10 Å². The van der Waals surface area contributed by atoms with Gasteiger partial charge in [-0.25, -0.2) is 5.43 Å². The van der Waals surface area contributed by atoms with Crippen molar-refractivity contribution < 1.29 is 9.72 Å². The number of hydrogen-bond donors (Lipinski definition) is 1. The van der Waals surface area contributed by atoms with Gasteiger partial charge >= 0.3 is 0 Å². The van der Waals surface area contributed by atoms with Crippen molar-refractivity contribution in [1.82, 2.24) is 5.43 Å². The zero-order valence-electron chi connectivity index (χ0n) is 13.4. The van der Waals surface area contributed by atoms with Crippen molar-refractivity contribution >= 4 is 46.7 Å². The van der Waals surface area contributed by atoms with Crippen molar-refractivity contribution in [3.63, 3.8) is 0 Å². The molecule has 0 bridgehead atoms. The zero-order valence-corrected chi connectivity index (χ0v) is 14.9. The van der Waals surface area contributed by atoms with Crippen LogP contribution in [0.5, 0.6) is 0 Å². The molecule has 0 aromatic heterocycles. The Bertz CT molecular complexity index is 853. The number of hydrazone groups is 1. The minimum atomic E-state index is -0.539. The number of nitrogens with one attached hydrogen (secondary N) is 1. The maximum Gasteiger partial charge on any atom is 0.293 e. The van der Waals surface area contributed by atoms with Crippen LogP contribution in [0, 0.1) is 10.1 Å². The molecule has 7 nitrogen and oxygen atoms in total. The Morgan fingerprint density at radius 2 is 1.96 bits per heavy atom. The topological polar surface area (TPSA) is 87.8 Å². The Balaban J connectivity index is 2.17. The molecule has 2 aromatic carbocycles. The Labute approximate surface area is 154 Å². The lowest BCUT2D eigenvalue weighted by Crippen LogP contribution is -2.18. The number of amides is 1. The fraction of sp³-hybridized carbons (Fsp3) is 0.125. The van der Waals surface area contributed by atoms with Gasteiger partial charge in [-0.05, 0) is 24.3 Å². The number of nitro benzene ring substituents is 1. The average Bonchev–Trinajstić information content (AvgIpc) is 2.56. The maximum absolute atomic E-state index is 12.0. The molecular weight excluding hydrogens is 367 g/mol. The van der Waals surface area contributed by atoms with Crippen LogP contribution in [0.25, 0.3) is 0 Å². The van der Waals surface area contributed by atoms with E-state index in [1.807, 2.05) is 0 Å². The third kappa shape index (κ3) is 4.68. The van der Waals surface area contributed by atoms with E-state index in [4.69, 9.17) is 23.2 Å². The fourth-order valence-electron chi connectivity index (χ4n) is 2.04. The van der Waals surface area contributed by atoms with Crippen LogP contribution in [0.15, 0.2) is 41.5 Å². The molecule has 0 aliphatic heterocycles. The maximum atomic E-state index is 12.0. The molecule has 1 amide bonds. The zero-order chi connectivity index (χ0) is 18.6. The van der Waals surface area contributed by atoms with E-state index >= 15 is 0 Å². The highest BCUT2D eigenvalue weighted by molar-refractivity contribution is 6.35. The van der Waals surface area contributed by atoms with Crippen molar-refractivity contribution in [2.45, 2.75) is 0 Å². The second-order valence-electron chi connectivity index (χ2n) is 5.22. The van der Waals surface area contributed by atoms with Crippen LogP contribution in [0.2, 0.25) is 10.0 Å². The number of halogens is 2. The van der Waals surface area contributed by atoms with Crippen LogP contribution in [0.3, 0.4) is 0 Å². The Morgan fingerprint density at radius 1 is 1.24 bits per heavy atom. The second-order valence-corrected chi connectivity index (χ2v) is 6.07. The average molecular weight is 381 g/mol. The molecule has 0 aliphatic rings. The number of carbonyl (C=O) groups is 1. The van der Waals surface area contributed by atoms with Crippen molar-refractivity contribution in [2.24, 2.45) is 5.10 Å². The summed E-state index contributed by atoms with van der Waals surface area (Å²) in [5.41, 5.74) is 3.37. The van der Waals surface area contributed by atoms with Crippen molar-refractivity contribution in [3.8, 4) is 0 Å². The number of nitro groups is 1. The smallest absolute Gasteiger partial charge is 0.293 e. The molecule has 0 atom stereocenters. The minimum absolute atomic E-state index is 0.0573. The van der Waals surface area contributed by atoms with Crippen LogP contribution in [0.1, 0.15) is 15.9 Å². The quantitative estimate of drug-likeness (QED) is 0.486. The first-order valence-corrected chi connectivity index (χ1v) is 7.79. The summed E-state index contributed by atoms with van der Waals surface area (Å²) in [6, 6.07) is 9.13. The van der Waals surface area contributed by atoms with Crippen molar-refractivity contribution in [3.05, 3.63) is 67.7 Å². The number of carbonyl (C=O) groups excluding carboxylic acids is 1. The van der Waals surface area contributed by atoms with Gasteiger partial charge in [0.05, 0.1) is 21.7 Å². The summed E-state index contributed by atoms with van der Waals surface area (Å²) in [6.45, 7) is 0. The van der Waals surface area contributed by atoms with Gasteiger partial charge in [0.1, 0.15) is 5.69 Å². The summed E-state index contributed by atoms with van der Waals surface area (Å²) in [5.74, 6) is -0.539. The molecule has 130 valence electrons. The van der Waals surface area contributed by atoms with Gasteiger partial charge in [0.15, 0.2) is 0 Å². The predicted molar refractivity (Wildman–Crippen MR) is 98.9 cm³/mol. The fourth-order valence-corrected chi connectivity index (χ4v) is 2.42. The molecule has 0 saturated carbocycles. The van der Waals surface area contributed by atoms with E-state index in [0.717, 1.165) is 0 Å². The van der Waals surface area contributed by atoms with Gasteiger partial charge in [-0.15, -0.1) is 0 Å².